The first-order valence-corrected chi connectivity index (χ1v) is 7.24. The summed E-state index contributed by atoms with van der Waals surface area (Å²) in [5.74, 6) is 0.0266. The van der Waals surface area contributed by atoms with Gasteiger partial charge in [0, 0.05) is 32.0 Å². The molecule has 2 rings (SSSR count). The van der Waals surface area contributed by atoms with E-state index in [-0.39, 0.29) is 18.1 Å². The van der Waals surface area contributed by atoms with Gasteiger partial charge in [-0.15, -0.1) is 0 Å². The third kappa shape index (κ3) is 3.48. The molecule has 0 radical (unpaired) electrons. The van der Waals surface area contributed by atoms with Crippen molar-refractivity contribution in [2.24, 2.45) is 0 Å². The lowest BCUT2D eigenvalue weighted by Gasteiger charge is -2.35. The first kappa shape index (κ1) is 14.8. The van der Waals surface area contributed by atoms with Crippen LogP contribution >= 0.6 is 0 Å². The van der Waals surface area contributed by atoms with Crippen LogP contribution in [0.3, 0.4) is 0 Å². The lowest BCUT2D eigenvalue weighted by molar-refractivity contribution is -0.0586. The molecule has 1 N–H and O–H groups in total. The molecule has 5 heteroatoms. The maximum atomic E-state index is 12.7. The fourth-order valence-corrected chi connectivity index (χ4v) is 2.49. The lowest BCUT2D eigenvalue weighted by Crippen LogP contribution is -2.48. The van der Waals surface area contributed by atoms with Crippen molar-refractivity contribution in [3.63, 3.8) is 0 Å². The van der Waals surface area contributed by atoms with Gasteiger partial charge in [0.15, 0.2) is 0 Å². The molecule has 2 unspecified atom stereocenters. The number of aromatic nitrogens is 1. The molecule has 1 aromatic rings. The molecule has 1 aliphatic heterocycles. The molecular formula is C15H23N3O2. The predicted octanol–water partition coefficient (Wildman–Crippen LogP) is 2.15. The normalized spacial score (nSPS) is 22.6. The van der Waals surface area contributed by atoms with Crippen molar-refractivity contribution in [1.82, 2.24) is 9.88 Å². The molecule has 0 saturated carbocycles. The summed E-state index contributed by atoms with van der Waals surface area (Å²) in [6.45, 7) is 8.20. The van der Waals surface area contributed by atoms with Gasteiger partial charge in [0.25, 0.3) is 5.91 Å². The van der Waals surface area contributed by atoms with Gasteiger partial charge in [-0.3, -0.25) is 9.78 Å². The zero-order chi connectivity index (χ0) is 14.5. The predicted molar refractivity (Wildman–Crippen MR) is 78.9 cm³/mol. The number of pyridine rings is 1. The average molecular weight is 277 g/mol. The van der Waals surface area contributed by atoms with Crippen molar-refractivity contribution >= 4 is 11.6 Å². The fourth-order valence-electron chi connectivity index (χ4n) is 2.49. The maximum Gasteiger partial charge on any atom is 0.257 e. The fraction of sp³-hybridized carbons (Fsp3) is 0.600. The molecule has 1 aromatic heterocycles. The van der Waals surface area contributed by atoms with E-state index in [4.69, 9.17) is 4.74 Å². The Hall–Kier alpha value is -1.62. The summed E-state index contributed by atoms with van der Waals surface area (Å²) in [5.41, 5.74) is 1.50. The summed E-state index contributed by atoms with van der Waals surface area (Å²) in [5, 5.41) is 3.29. The number of morpholine rings is 1. The van der Waals surface area contributed by atoms with Gasteiger partial charge >= 0.3 is 0 Å². The van der Waals surface area contributed by atoms with Crippen LogP contribution in [0.2, 0.25) is 0 Å². The van der Waals surface area contributed by atoms with Crippen LogP contribution in [0.1, 0.15) is 37.6 Å². The van der Waals surface area contributed by atoms with E-state index in [0.29, 0.717) is 18.7 Å². The monoisotopic (exact) mass is 277 g/mol. The van der Waals surface area contributed by atoms with Gasteiger partial charge in [-0.05, 0) is 26.3 Å². The Kier molecular flexibility index (Phi) is 4.95. The number of rotatable bonds is 4. The van der Waals surface area contributed by atoms with Crippen molar-refractivity contribution in [3.05, 3.63) is 24.0 Å². The van der Waals surface area contributed by atoms with E-state index >= 15 is 0 Å². The van der Waals surface area contributed by atoms with Crippen LogP contribution in [-0.4, -0.2) is 47.6 Å². The molecule has 0 spiro atoms. The van der Waals surface area contributed by atoms with Crippen LogP contribution in [0.15, 0.2) is 18.5 Å². The van der Waals surface area contributed by atoms with Gasteiger partial charge in [0.05, 0.1) is 23.5 Å². The topological polar surface area (TPSA) is 54.5 Å². The number of carbonyl (C=O) groups is 1. The maximum absolute atomic E-state index is 12.7. The molecule has 0 bridgehead atoms. The second-order valence-electron chi connectivity index (χ2n) is 5.32. The minimum absolute atomic E-state index is 0.0266. The van der Waals surface area contributed by atoms with Crippen LogP contribution in [0, 0.1) is 0 Å². The van der Waals surface area contributed by atoms with E-state index in [1.54, 1.807) is 12.4 Å². The highest BCUT2D eigenvalue weighted by atomic mass is 16.5. The van der Waals surface area contributed by atoms with Gasteiger partial charge in [0.1, 0.15) is 0 Å². The lowest BCUT2D eigenvalue weighted by atomic mass is 10.1. The summed E-state index contributed by atoms with van der Waals surface area (Å²) < 4.78 is 5.67. The molecule has 0 aromatic carbocycles. The Morgan fingerprint density at radius 3 is 2.80 bits per heavy atom. The number of ether oxygens (including phenoxy) is 1. The molecule has 1 fully saturated rings. The van der Waals surface area contributed by atoms with Gasteiger partial charge in [0.2, 0.25) is 0 Å². The smallest absolute Gasteiger partial charge is 0.257 e. The molecule has 110 valence electrons. The molecule has 20 heavy (non-hydrogen) atoms. The molecule has 1 amide bonds. The number of anilines is 1. The molecule has 2 atom stereocenters. The summed E-state index contributed by atoms with van der Waals surface area (Å²) in [7, 11) is 0. The molecule has 1 aliphatic rings. The van der Waals surface area contributed by atoms with Crippen LogP contribution in [0.4, 0.5) is 5.69 Å². The van der Waals surface area contributed by atoms with Crippen LogP contribution in [-0.2, 0) is 4.74 Å². The molecule has 1 saturated heterocycles. The third-order valence-electron chi connectivity index (χ3n) is 3.32. The molecule has 0 aliphatic carbocycles. The van der Waals surface area contributed by atoms with Crippen LogP contribution in [0.25, 0.3) is 0 Å². The van der Waals surface area contributed by atoms with Gasteiger partial charge in [-0.25, -0.2) is 0 Å². The van der Waals surface area contributed by atoms with Crippen molar-refractivity contribution in [2.45, 2.75) is 39.4 Å². The summed E-state index contributed by atoms with van der Waals surface area (Å²) in [6, 6.07) is 1.86. The second-order valence-corrected chi connectivity index (χ2v) is 5.32. The summed E-state index contributed by atoms with van der Waals surface area (Å²) in [4.78, 5) is 18.6. The minimum Gasteiger partial charge on any atom is -0.384 e. The number of nitrogens with one attached hydrogen (secondary N) is 1. The largest absolute Gasteiger partial charge is 0.384 e. The van der Waals surface area contributed by atoms with Gasteiger partial charge in [-0.1, -0.05) is 6.92 Å². The number of hydrogen-bond acceptors (Lipinski definition) is 4. The van der Waals surface area contributed by atoms with E-state index in [9.17, 15) is 4.79 Å². The third-order valence-corrected chi connectivity index (χ3v) is 3.32. The van der Waals surface area contributed by atoms with Gasteiger partial charge in [-0.2, -0.15) is 0 Å². The summed E-state index contributed by atoms with van der Waals surface area (Å²) >= 11 is 0. The van der Waals surface area contributed by atoms with Gasteiger partial charge < -0.3 is 15.0 Å². The van der Waals surface area contributed by atoms with E-state index in [0.717, 1.165) is 18.7 Å². The highest BCUT2D eigenvalue weighted by Crippen LogP contribution is 2.19. The second kappa shape index (κ2) is 6.70. The van der Waals surface area contributed by atoms with Crippen LogP contribution in [0.5, 0.6) is 0 Å². The SMILES string of the molecule is CCCNc1ccncc1C(=O)N1CC(C)OC(C)C1. The quantitative estimate of drug-likeness (QED) is 0.916. The Morgan fingerprint density at radius 1 is 1.45 bits per heavy atom. The van der Waals surface area contributed by atoms with Crippen LogP contribution < -0.4 is 5.32 Å². The number of amides is 1. The summed E-state index contributed by atoms with van der Waals surface area (Å²) in [6.07, 6.45) is 4.52. The standard InChI is InChI=1S/C15H23N3O2/c1-4-6-17-14-5-7-16-8-13(14)15(19)18-9-11(2)20-12(3)10-18/h5,7-8,11-12H,4,6,9-10H2,1-3H3,(H,16,17). The van der Waals surface area contributed by atoms with E-state index < -0.39 is 0 Å². The molecule has 2 heterocycles. The van der Waals surface area contributed by atoms with Crippen molar-refractivity contribution in [3.8, 4) is 0 Å². The van der Waals surface area contributed by atoms with E-state index in [1.807, 2.05) is 24.8 Å². The highest BCUT2D eigenvalue weighted by Gasteiger charge is 2.27. The zero-order valence-corrected chi connectivity index (χ0v) is 12.4. The Bertz CT molecular complexity index is 454. The minimum atomic E-state index is 0.0266. The first-order valence-electron chi connectivity index (χ1n) is 7.24. The van der Waals surface area contributed by atoms with Crippen molar-refractivity contribution < 1.29 is 9.53 Å². The Labute approximate surface area is 120 Å². The number of hydrogen-bond donors (Lipinski definition) is 1. The number of carbonyl (C=O) groups excluding carboxylic acids is 1. The average Bonchev–Trinajstić information content (AvgIpc) is 2.43. The molecular weight excluding hydrogens is 254 g/mol. The molecule has 5 nitrogen and oxygen atoms in total. The van der Waals surface area contributed by atoms with Crippen molar-refractivity contribution in [1.29, 1.82) is 0 Å². The van der Waals surface area contributed by atoms with Crippen molar-refractivity contribution in [2.75, 3.05) is 25.0 Å². The van der Waals surface area contributed by atoms with E-state index in [1.165, 1.54) is 0 Å². The Balaban J connectivity index is 2.15. The zero-order valence-electron chi connectivity index (χ0n) is 12.4. The Morgan fingerprint density at radius 2 is 2.15 bits per heavy atom. The van der Waals surface area contributed by atoms with E-state index in [2.05, 4.69) is 17.2 Å². The first-order chi connectivity index (χ1) is 9.61. The number of nitrogens with zero attached hydrogens (tertiary/aromatic N) is 2. The highest BCUT2D eigenvalue weighted by molar-refractivity contribution is 5.99.